The summed E-state index contributed by atoms with van der Waals surface area (Å²) in [6, 6.07) is 0.451. The van der Waals surface area contributed by atoms with Gasteiger partial charge in [-0.25, -0.2) is 8.42 Å². The molecule has 0 heterocycles. The number of hydrogen-bond acceptors (Lipinski definition) is 3. The van der Waals surface area contributed by atoms with Gasteiger partial charge in [-0.05, 0) is 38.1 Å². The Morgan fingerprint density at radius 3 is 2.18 bits per heavy atom. The molecule has 3 nitrogen and oxygen atoms in total. The Balaban J connectivity index is 4.09. The molecule has 0 aliphatic carbocycles. The highest BCUT2D eigenvalue weighted by Gasteiger charge is 2.18. The van der Waals surface area contributed by atoms with Gasteiger partial charge in [0.15, 0.2) is 0 Å². The Labute approximate surface area is 107 Å². The van der Waals surface area contributed by atoms with Gasteiger partial charge in [0.2, 0.25) is 0 Å². The summed E-state index contributed by atoms with van der Waals surface area (Å²) in [5, 5.41) is 3.49. The third-order valence-electron chi connectivity index (χ3n) is 3.18. The molecule has 17 heavy (non-hydrogen) atoms. The van der Waals surface area contributed by atoms with Crippen LogP contribution in [0.25, 0.3) is 0 Å². The second-order valence-corrected chi connectivity index (χ2v) is 7.19. The summed E-state index contributed by atoms with van der Waals surface area (Å²) in [4.78, 5) is 0. The lowest BCUT2D eigenvalue weighted by molar-refractivity contribution is 0.358. The second-order valence-electron chi connectivity index (χ2n) is 4.89. The van der Waals surface area contributed by atoms with Gasteiger partial charge in [0.05, 0.1) is 5.75 Å². The van der Waals surface area contributed by atoms with Gasteiger partial charge in [0.1, 0.15) is 9.84 Å². The SMILES string of the molecule is CCCNC(CC)C(C)CCS(=O)(=O)CCC. The highest BCUT2D eigenvalue weighted by atomic mass is 32.2. The molecule has 0 saturated heterocycles. The summed E-state index contributed by atoms with van der Waals surface area (Å²) in [7, 11) is -2.82. The molecule has 0 rings (SSSR count). The summed E-state index contributed by atoms with van der Waals surface area (Å²) in [5.74, 6) is 1.10. The van der Waals surface area contributed by atoms with Crippen LogP contribution in [0.4, 0.5) is 0 Å². The Hall–Kier alpha value is -0.0900. The van der Waals surface area contributed by atoms with E-state index in [2.05, 4.69) is 26.1 Å². The van der Waals surface area contributed by atoms with E-state index in [4.69, 9.17) is 0 Å². The van der Waals surface area contributed by atoms with Gasteiger partial charge in [-0.2, -0.15) is 0 Å². The van der Waals surface area contributed by atoms with E-state index in [9.17, 15) is 8.42 Å². The molecule has 2 atom stereocenters. The molecule has 0 aliphatic rings. The maximum Gasteiger partial charge on any atom is 0.150 e. The van der Waals surface area contributed by atoms with Crippen molar-refractivity contribution >= 4 is 9.84 Å². The van der Waals surface area contributed by atoms with Crippen LogP contribution in [0.3, 0.4) is 0 Å². The van der Waals surface area contributed by atoms with Gasteiger partial charge in [-0.1, -0.05) is 27.7 Å². The average Bonchev–Trinajstić information content (AvgIpc) is 2.27. The van der Waals surface area contributed by atoms with Crippen LogP contribution < -0.4 is 5.32 Å². The Morgan fingerprint density at radius 1 is 1.06 bits per heavy atom. The molecule has 2 unspecified atom stereocenters. The quantitative estimate of drug-likeness (QED) is 0.659. The van der Waals surface area contributed by atoms with Crippen molar-refractivity contribution in [3.63, 3.8) is 0 Å². The fourth-order valence-electron chi connectivity index (χ4n) is 2.06. The van der Waals surface area contributed by atoms with Crippen LogP contribution in [-0.2, 0) is 9.84 Å². The van der Waals surface area contributed by atoms with Crippen LogP contribution in [0.15, 0.2) is 0 Å². The highest BCUT2D eigenvalue weighted by molar-refractivity contribution is 7.91. The molecule has 1 N–H and O–H groups in total. The maximum absolute atomic E-state index is 11.6. The number of nitrogens with one attached hydrogen (secondary N) is 1. The molecule has 4 heteroatoms. The number of sulfone groups is 1. The summed E-state index contributed by atoms with van der Waals surface area (Å²) in [5.41, 5.74) is 0. The fraction of sp³-hybridized carbons (Fsp3) is 1.00. The lowest BCUT2D eigenvalue weighted by atomic mass is 9.97. The van der Waals surface area contributed by atoms with Gasteiger partial charge >= 0.3 is 0 Å². The second kappa shape index (κ2) is 8.92. The van der Waals surface area contributed by atoms with Crippen LogP contribution in [0.1, 0.15) is 53.4 Å². The normalized spacial score (nSPS) is 15.8. The van der Waals surface area contributed by atoms with Crippen LogP contribution in [0.5, 0.6) is 0 Å². The van der Waals surface area contributed by atoms with Gasteiger partial charge < -0.3 is 5.32 Å². The van der Waals surface area contributed by atoms with Crippen molar-refractivity contribution in [2.45, 2.75) is 59.4 Å². The lowest BCUT2D eigenvalue weighted by Gasteiger charge is -2.23. The van der Waals surface area contributed by atoms with E-state index in [1.165, 1.54) is 0 Å². The monoisotopic (exact) mass is 263 g/mol. The molecule has 0 bridgehead atoms. The Bertz CT molecular complexity index is 275. The maximum atomic E-state index is 11.6. The topological polar surface area (TPSA) is 46.2 Å². The predicted molar refractivity (Wildman–Crippen MR) is 75.1 cm³/mol. The van der Waals surface area contributed by atoms with Crippen molar-refractivity contribution in [1.82, 2.24) is 5.32 Å². The van der Waals surface area contributed by atoms with E-state index in [0.717, 1.165) is 32.2 Å². The van der Waals surface area contributed by atoms with Crippen LogP contribution in [0, 0.1) is 5.92 Å². The number of rotatable bonds is 10. The zero-order chi connectivity index (χ0) is 13.3. The molecule has 0 radical (unpaired) electrons. The van der Waals surface area contributed by atoms with Gasteiger partial charge in [0.25, 0.3) is 0 Å². The summed E-state index contributed by atoms with van der Waals surface area (Å²) in [6.45, 7) is 9.39. The van der Waals surface area contributed by atoms with Crippen LogP contribution in [0.2, 0.25) is 0 Å². The van der Waals surface area contributed by atoms with E-state index < -0.39 is 9.84 Å². The molecular formula is C13H29NO2S. The molecule has 0 saturated carbocycles. The van der Waals surface area contributed by atoms with Crippen molar-refractivity contribution in [3.05, 3.63) is 0 Å². The molecule has 0 aromatic heterocycles. The Morgan fingerprint density at radius 2 is 1.71 bits per heavy atom. The minimum absolute atomic E-state index is 0.332. The first kappa shape index (κ1) is 16.9. The molecule has 0 aromatic carbocycles. The summed E-state index contributed by atoms with van der Waals surface area (Å²) >= 11 is 0. The largest absolute Gasteiger partial charge is 0.314 e. The smallest absolute Gasteiger partial charge is 0.150 e. The Kier molecular flexibility index (Phi) is 8.88. The number of hydrogen-bond donors (Lipinski definition) is 1. The van der Waals surface area contributed by atoms with Gasteiger partial charge in [0, 0.05) is 11.8 Å². The van der Waals surface area contributed by atoms with E-state index >= 15 is 0 Å². The zero-order valence-electron chi connectivity index (χ0n) is 11.8. The van der Waals surface area contributed by atoms with E-state index in [1.54, 1.807) is 0 Å². The first-order valence-corrected chi connectivity index (χ1v) is 8.72. The minimum Gasteiger partial charge on any atom is -0.314 e. The first-order valence-electron chi connectivity index (χ1n) is 6.90. The third-order valence-corrected chi connectivity index (χ3v) is 5.07. The fourth-order valence-corrected chi connectivity index (χ4v) is 3.61. The van der Waals surface area contributed by atoms with Gasteiger partial charge in [-0.3, -0.25) is 0 Å². The van der Waals surface area contributed by atoms with E-state index in [-0.39, 0.29) is 0 Å². The van der Waals surface area contributed by atoms with Crippen molar-refractivity contribution in [2.24, 2.45) is 5.92 Å². The van der Waals surface area contributed by atoms with Gasteiger partial charge in [-0.15, -0.1) is 0 Å². The molecule has 0 aliphatic heterocycles. The van der Waals surface area contributed by atoms with Crippen molar-refractivity contribution < 1.29 is 8.42 Å². The molecule has 104 valence electrons. The first-order chi connectivity index (χ1) is 7.96. The predicted octanol–water partition coefficient (Wildman–Crippen LogP) is 2.62. The van der Waals surface area contributed by atoms with Crippen molar-refractivity contribution in [1.29, 1.82) is 0 Å². The van der Waals surface area contributed by atoms with Crippen molar-refractivity contribution in [2.75, 3.05) is 18.1 Å². The average molecular weight is 263 g/mol. The zero-order valence-corrected chi connectivity index (χ0v) is 12.6. The molecule has 0 fully saturated rings. The standard InChI is InChI=1S/C13H29NO2S/c1-5-9-14-13(7-3)12(4)8-11-17(15,16)10-6-2/h12-14H,5-11H2,1-4H3. The molecule has 0 aromatic rings. The minimum atomic E-state index is -2.82. The summed E-state index contributed by atoms with van der Waals surface area (Å²) in [6.07, 6.45) is 3.69. The molecular weight excluding hydrogens is 234 g/mol. The van der Waals surface area contributed by atoms with Crippen LogP contribution >= 0.6 is 0 Å². The van der Waals surface area contributed by atoms with Crippen molar-refractivity contribution in [3.8, 4) is 0 Å². The third kappa shape index (κ3) is 7.77. The molecule has 0 spiro atoms. The van der Waals surface area contributed by atoms with Crippen LogP contribution in [-0.4, -0.2) is 32.5 Å². The molecule has 0 amide bonds. The lowest BCUT2D eigenvalue weighted by Crippen LogP contribution is -2.35. The van der Waals surface area contributed by atoms with E-state index in [0.29, 0.717) is 23.5 Å². The highest BCUT2D eigenvalue weighted by Crippen LogP contribution is 2.13. The summed E-state index contributed by atoms with van der Waals surface area (Å²) < 4.78 is 23.3. The van der Waals surface area contributed by atoms with E-state index in [1.807, 2.05) is 6.92 Å².